The molecule has 1 nitrogen and oxygen atoms in total. The fourth-order valence-electron chi connectivity index (χ4n) is 1.92. The van der Waals surface area contributed by atoms with Crippen LogP contribution in [0.2, 0.25) is 0 Å². The third-order valence-corrected chi connectivity index (χ3v) is 5.42. The van der Waals surface area contributed by atoms with Crippen LogP contribution in [0.1, 0.15) is 22.9 Å². The van der Waals surface area contributed by atoms with Crippen molar-refractivity contribution in [3.8, 4) is 5.75 Å². The molecule has 2 aromatic carbocycles. The highest BCUT2D eigenvalue weighted by Gasteiger charge is 2.14. The minimum Gasteiger partial charge on any atom is -0.494 e. The van der Waals surface area contributed by atoms with Gasteiger partial charge in [0.15, 0.2) is 0 Å². The Hall–Kier alpha value is -0.450. The zero-order chi connectivity index (χ0) is 14.5. The van der Waals surface area contributed by atoms with Gasteiger partial charge >= 0.3 is 0 Å². The predicted octanol–water partition coefficient (Wildman–Crippen LogP) is 6.05. The number of hydrogen-bond acceptors (Lipinski definition) is 2. The topological polar surface area (TPSA) is 9.23 Å². The maximum absolute atomic E-state index is 5.51. The maximum atomic E-state index is 5.51. The zero-order valence-corrected chi connectivity index (χ0v) is 15.4. The number of hydrogen-bond donors (Lipinski definition) is 0. The summed E-state index contributed by atoms with van der Waals surface area (Å²) in [6.07, 6.45) is 2.09. The van der Waals surface area contributed by atoms with Gasteiger partial charge in [-0.2, -0.15) is 0 Å². The molecule has 1 unspecified atom stereocenters. The van der Waals surface area contributed by atoms with E-state index < -0.39 is 0 Å². The van der Waals surface area contributed by atoms with E-state index in [0.29, 0.717) is 6.61 Å². The number of thioether (sulfide) groups is 1. The summed E-state index contributed by atoms with van der Waals surface area (Å²) >= 11 is 9.16. The minimum absolute atomic E-state index is 0.170. The van der Waals surface area contributed by atoms with Gasteiger partial charge in [-0.05, 0) is 48.6 Å². The lowest BCUT2D eigenvalue weighted by Crippen LogP contribution is -1.96. The van der Waals surface area contributed by atoms with E-state index in [1.165, 1.54) is 16.0 Å². The van der Waals surface area contributed by atoms with Crippen molar-refractivity contribution in [1.82, 2.24) is 0 Å². The number of benzene rings is 2. The number of halogens is 2. The van der Waals surface area contributed by atoms with Crippen LogP contribution in [0.15, 0.2) is 51.8 Å². The molecule has 2 rings (SSSR count). The summed E-state index contributed by atoms with van der Waals surface area (Å²) in [4.78, 5) is 1.45. The highest BCUT2D eigenvalue weighted by molar-refractivity contribution is 9.11. The number of ether oxygens (including phenoxy) is 1. The van der Waals surface area contributed by atoms with Gasteiger partial charge in [0, 0.05) is 9.37 Å². The molecule has 2 aromatic rings. The van der Waals surface area contributed by atoms with Gasteiger partial charge in [-0.1, -0.05) is 50.1 Å². The van der Waals surface area contributed by atoms with E-state index in [1.54, 1.807) is 11.8 Å². The molecule has 0 aliphatic rings. The Labute approximate surface area is 141 Å². The van der Waals surface area contributed by atoms with Crippen LogP contribution in [-0.2, 0) is 0 Å². The van der Waals surface area contributed by atoms with Gasteiger partial charge < -0.3 is 4.74 Å². The van der Waals surface area contributed by atoms with Crippen LogP contribution in [0, 0.1) is 0 Å². The van der Waals surface area contributed by atoms with Gasteiger partial charge in [0.05, 0.1) is 11.4 Å². The predicted molar refractivity (Wildman–Crippen MR) is 94.3 cm³/mol. The van der Waals surface area contributed by atoms with E-state index in [-0.39, 0.29) is 4.83 Å². The van der Waals surface area contributed by atoms with Gasteiger partial charge in [0.1, 0.15) is 5.75 Å². The summed E-state index contributed by atoms with van der Waals surface area (Å²) < 4.78 is 6.56. The second-order valence-electron chi connectivity index (χ2n) is 4.25. The Morgan fingerprint density at radius 1 is 1.15 bits per heavy atom. The fraction of sp³-hybridized carbons (Fsp3) is 0.250. The van der Waals surface area contributed by atoms with Crippen LogP contribution in [0.5, 0.6) is 5.75 Å². The summed E-state index contributed by atoms with van der Waals surface area (Å²) in [5.74, 6) is 0.889. The molecular formula is C16H16Br2OS. The molecule has 0 heterocycles. The number of rotatable bonds is 5. The molecule has 4 heteroatoms. The second kappa shape index (κ2) is 7.53. The SMILES string of the molecule is CCOc1ccc(C(Br)c2ccc(SC)cc2)c(Br)c1. The van der Waals surface area contributed by atoms with Crippen LogP contribution in [-0.4, -0.2) is 12.9 Å². The molecule has 0 N–H and O–H groups in total. The summed E-state index contributed by atoms with van der Waals surface area (Å²) in [5.41, 5.74) is 2.44. The van der Waals surface area contributed by atoms with E-state index >= 15 is 0 Å². The molecule has 0 aliphatic heterocycles. The van der Waals surface area contributed by atoms with Crippen molar-refractivity contribution in [3.05, 3.63) is 58.1 Å². The Bertz CT molecular complexity index is 569. The van der Waals surface area contributed by atoms with Crippen molar-refractivity contribution in [1.29, 1.82) is 0 Å². The van der Waals surface area contributed by atoms with Crippen LogP contribution < -0.4 is 4.74 Å². The summed E-state index contributed by atoms with van der Waals surface area (Å²) in [6, 6.07) is 14.7. The van der Waals surface area contributed by atoms with Crippen molar-refractivity contribution in [2.75, 3.05) is 12.9 Å². The molecule has 20 heavy (non-hydrogen) atoms. The zero-order valence-electron chi connectivity index (χ0n) is 11.4. The molecule has 0 bridgehead atoms. The Balaban J connectivity index is 2.25. The minimum atomic E-state index is 0.170. The molecule has 106 valence electrons. The normalized spacial score (nSPS) is 12.2. The van der Waals surface area contributed by atoms with Crippen molar-refractivity contribution >= 4 is 43.6 Å². The van der Waals surface area contributed by atoms with Crippen molar-refractivity contribution in [2.45, 2.75) is 16.6 Å². The van der Waals surface area contributed by atoms with Gasteiger partial charge in [0.25, 0.3) is 0 Å². The van der Waals surface area contributed by atoms with Gasteiger partial charge in [-0.15, -0.1) is 11.8 Å². The first-order valence-corrected chi connectivity index (χ1v) is 9.29. The average molecular weight is 416 g/mol. The molecular weight excluding hydrogens is 400 g/mol. The van der Waals surface area contributed by atoms with Crippen molar-refractivity contribution in [2.24, 2.45) is 0 Å². The monoisotopic (exact) mass is 414 g/mol. The van der Waals surface area contributed by atoms with Crippen LogP contribution in [0.3, 0.4) is 0 Å². The summed E-state index contributed by atoms with van der Waals surface area (Å²) in [6.45, 7) is 2.67. The highest BCUT2D eigenvalue weighted by atomic mass is 79.9. The van der Waals surface area contributed by atoms with E-state index in [2.05, 4.69) is 68.4 Å². The van der Waals surface area contributed by atoms with Crippen molar-refractivity contribution < 1.29 is 4.74 Å². The van der Waals surface area contributed by atoms with E-state index in [1.807, 2.05) is 19.1 Å². The first-order chi connectivity index (χ1) is 9.65. The van der Waals surface area contributed by atoms with E-state index in [9.17, 15) is 0 Å². The Morgan fingerprint density at radius 3 is 2.40 bits per heavy atom. The Kier molecular flexibility index (Phi) is 6.00. The standard InChI is InChI=1S/C16H16Br2OS/c1-3-19-12-6-9-14(15(17)10-12)16(18)11-4-7-13(20-2)8-5-11/h4-10,16H,3H2,1-2H3. The maximum Gasteiger partial charge on any atom is 0.120 e. The molecule has 0 amide bonds. The van der Waals surface area contributed by atoms with Crippen LogP contribution >= 0.6 is 43.6 Å². The second-order valence-corrected chi connectivity index (χ2v) is 6.90. The fourth-order valence-corrected chi connectivity index (χ4v) is 3.93. The lowest BCUT2D eigenvalue weighted by Gasteiger charge is -2.14. The van der Waals surface area contributed by atoms with E-state index in [4.69, 9.17) is 4.74 Å². The largest absolute Gasteiger partial charge is 0.494 e. The average Bonchev–Trinajstić information content (AvgIpc) is 2.47. The van der Waals surface area contributed by atoms with E-state index in [0.717, 1.165) is 10.2 Å². The summed E-state index contributed by atoms with van der Waals surface area (Å²) in [7, 11) is 0. The third-order valence-electron chi connectivity index (χ3n) is 2.96. The van der Waals surface area contributed by atoms with Gasteiger partial charge in [-0.25, -0.2) is 0 Å². The smallest absolute Gasteiger partial charge is 0.120 e. The third kappa shape index (κ3) is 3.80. The summed E-state index contributed by atoms with van der Waals surface area (Å²) in [5, 5.41) is 0. The first-order valence-electron chi connectivity index (χ1n) is 6.36. The van der Waals surface area contributed by atoms with Crippen molar-refractivity contribution in [3.63, 3.8) is 0 Å². The molecule has 0 saturated heterocycles. The number of alkyl halides is 1. The van der Waals surface area contributed by atoms with Gasteiger partial charge in [0.2, 0.25) is 0 Å². The van der Waals surface area contributed by atoms with Crippen LogP contribution in [0.4, 0.5) is 0 Å². The first kappa shape index (κ1) is 15.9. The molecule has 1 atom stereocenters. The lowest BCUT2D eigenvalue weighted by atomic mass is 10.0. The molecule has 0 aliphatic carbocycles. The molecule has 0 fully saturated rings. The lowest BCUT2D eigenvalue weighted by molar-refractivity contribution is 0.340. The molecule has 0 aromatic heterocycles. The molecule has 0 spiro atoms. The molecule has 0 radical (unpaired) electrons. The quantitative estimate of drug-likeness (QED) is 0.433. The Morgan fingerprint density at radius 2 is 1.85 bits per heavy atom. The van der Waals surface area contributed by atoms with Gasteiger partial charge in [-0.3, -0.25) is 0 Å². The molecule has 0 saturated carbocycles. The highest BCUT2D eigenvalue weighted by Crippen LogP contribution is 2.37. The van der Waals surface area contributed by atoms with Crippen LogP contribution in [0.25, 0.3) is 0 Å².